The van der Waals surface area contributed by atoms with E-state index in [0.29, 0.717) is 13.3 Å². The molecule has 110 valence electrons. The Balaban J connectivity index is 1.72. The van der Waals surface area contributed by atoms with Crippen LogP contribution in [0, 0.1) is 0 Å². The summed E-state index contributed by atoms with van der Waals surface area (Å²) in [6, 6.07) is 11.6. The molecule has 5 nitrogen and oxygen atoms in total. The van der Waals surface area contributed by atoms with Crippen LogP contribution in [0.5, 0.6) is 23.0 Å². The maximum Gasteiger partial charge on any atom is 0.231 e. The number of hydrogen-bond acceptors (Lipinski definition) is 5. The highest BCUT2D eigenvalue weighted by atomic mass is 16.7. The number of fused-ring (bicyclic) bond motifs is 1. The normalized spacial score (nSPS) is 12.1. The van der Waals surface area contributed by atoms with E-state index in [9.17, 15) is 0 Å². The zero-order valence-corrected chi connectivity index (χ0v) is 12.0. The van der Waals surface area contributed by atoms with Crippen molar-refractivity contribution in [3.05, 3.63) is 42.0 Å². The first-order chi connectivity index (χ1) is 10.3. The molecule has 0 atom stereocenters. The van der Waals surface area contributed by atoms with Gasteiger partial charge in [-0.1, -0.05) is 6.07 Å². The Morgan fingerprint density at radius 2 is 1.67 bits per heavy atom. The number of benzene rings is 2. The highest BCUT2D eigenvalue weighted by Gasteiger charge is 2.13. The van der Waals surface area contributed by atoms with E-state index >= 15 is 0 Å². The van der Waals surface area contributed by atoms with Crippen LogP contribution in [-0.4, -0.2) is 21.0 Å². The average molecular weight is 287 g/mol. The van der Waals surface area contributed by atoms with Crippen LogP contribution in [0.1, 0.15) is 5.56 Å². The molecule has 5 heteroatoms. The second-order valence-corrected chi connectivity index (χ2v) is 4.64. The summed E-state index contributed by atoms with van der Waals surface area (Å²) >= 11 is 0. The van der Waals surface area contributed by atoms with Crippen molar-refractivity contribution in [1.29, 1.82) is 0 Å². The third kappa shape index (κ3) is 2.97. The number of anilines is 1. The van der Waals surface area contributed by atoms with Gasteiger partial charge in [0, 0.05) is 30.4 Å². The van der Waals surface area contributed by atoms with Gasteiger partial charge in [0.15, 0.2) is 11.5 Å². The van der Waals surface area contributed by atoms with Crippen LogP contribution in [0.4, 0.5) is 5.69 Å². The van der Waals surface area contributed by atoms with Crippen LogP contribution in [0.2, 0.25) is 0 Å². The fraction of sp³-hybridized carbons (Fsp3) is 0.250. The van der Waals surface area contributed by atoms with Crippen LogP contribution in [0.15, 0.2) is 36.4 Å². The van der Waals surface area contributed by atoms with Crippen molar-refractivity contribution in [1.82, 2.24) is 0 Å². The molecule has 2 aromatic rings. The highest BCUT2D eigenvalue weighted by Crippen LogP contribution is 2.33. The van der Waals surface area contributed by atoms with Crippen LogP contribution < -0.4 is 24.3 Å². The van der Waals surface area contributed by atoms with Gasteiger partial charge in [0.05, 0.1) is 14.2 Å². The quantitative estimate of drug-likeness (QED) is 0.916. The predicted octanol–water partition coefficient (Wildman–Crippen LogP) is 3.04. The number of ether oxygens (including phenoxy) is 4. The van der Waals surface area contributed by atoms with E-state index in [1.54, 1.807) is 14.2 Å². The van der Waals surface area contributed by atoms with Crippen molar-refractivity contribution >= 4 is 5.69 Å². The molecule has 0 radical (unpaired) electrons. The summed E-state index contributed by atoms with van der Waals surface area (Å²) in [7, 11) is 3.27. The molecule has 0 aliphatic carbocycles. The summed E-state index contributed by atoms with van der Waals surface area (Å²) in [6.45, 7) is 0.965. The van der Waals surface area contributed by atoms with Crippen LogP contribution in [0.25, 0.3) is 0 Å². The Morgan fingerprint density at radius 1 is 0.952 bits per heavy atom. The van der Waals surface area contributed by atoms with E-state index in [2.05, 4.69) is 5.32 Å². The van der Waals surface area contributed by atoms with E-state index in [1.165, 1.54) is 0 Å². The first-order valence-corrected chi connectivity index (χ1v) is 6.64. The van der Waals surface area contributed by atoms with E-state index < -0.39 is 0 Å². The fourth-order valence-electron chi connectivity index (χ4n) is 2.16. The lowest BCUT2D eigenvalue weighted by atomic mass is 10.2. The molecule has 1 N–H and O–H groups in total. The lowest BCUT2D eigenvalue weighted by Gasteiger charge is -2.11. The Kier molecular flexibility index (Phi) is 3.73. The summed E-state index contributed by atoms with van der Waals surface area (Å²) in [5.74, 6) is 3.09. The highest BCUT2D eigenvalue weighted by molar-refractivity contribution is 5.54. The van der Waals surface area contributed by atoms with Gasteiger partial charge in [-0.2, -0.15) is 0 Å². The first-order valence-electron chi connectivity index (χ1n) is 6.64. The van der Waals surface area contributed by atoms with E-state index in [0.717, 1.165) is 34.2 Å². The van der Waals surface area contributed by atoms with Gasteiger partial charge >= 0.3 is 0 Å². The largest absolute Gasteiger partial charge is 0.497 e. The predicted molar refractivity (Wildman–Crippen MR) is 79.4 cm³/mol. The Bertz CT molecular complexity index is 620. The maximum atomic E-state index is 5.37. The monoisotopic (exact) mass is 287 g/mol. The van der Waals surface area contributed by atoms with Crippen LogP contribution in [-0.2, 0) is 6.54 Å². The van der Waals surface area contributed by atoms with E-state index in [1.807, 2.05) is 36.4 Å². The molecule has 0 aromatic heterocycles. The molecule has 0 unspecified atom stereocenters. The van der Waals surface area contributed by atoms with Crippen molar-refractivity contribution in [3.8, 4) is 23.0 Å². The van der Waals surface area contributed by atoms with Crippen molar-refractivity contribution in [2.75, 3.05) is 26.3 Å². The summed E-state index contributed by atoms with van der Waals surface area (Å²) in [5.41, 5.74) is 2.05. The molecular formula is C16H17NO4. The minimum Gasteiger partial charge on any atom is -0.497 e. The topological polar surface area (TPSA) is 49.0 Å². The Labute approximate surface area is 123 Å². The number of nitrogens with one attached hydrogen (secondary N) is 1. The molecule has 1 heterocycles. The first kappa shape index (κ1) is 13.4. The van der Waals surface area contributed by atoms with Gasteiger partial charge in [0.2, 0.25) is 6.79 Å². The molecule has 1 aliphatic rings. The number of rotatable bonds is 5. The molecule has 0 spiro atoms. The lowest BCUT2D eigenvalue weighted by Crippen LogP contribution is -2.00. The van der Waals surface area contributed by atoms with Gasteiger partial charge < -0.3 is 24.3 Å². The van der Waals surface area contributed by atoms with Crippen molar-refractivity contribution < 1.29 is 18.9 Å². The van der Waals surface area contributed by atoms with Gasteiger partial charge in [0.25, 0.3) is 0 Å². The van der Waals surface area contributed by atoms with Crippen molar-refractivity contribution in [2.24, 2.45) is 0 Å². The molecule has 0 bridgehead atoms. The van der Waals surface area contributed by atoms with Gasteiger partial charge in [-0.15, -0.1) is 0 Å². The van der Waals surface area contributed by atoms with Gasteiger partial charge in [0.1, 0.15) is 11.5 Å². The standard InChI is InChI=1S/C16H17NO4/c1-18-13-6-12(7-14(8-13)19-2)17-9-11-3-4-15-16(5-11)21-10-20-15/h3-8,17H,9-10H2,1-2H3. The molecule has 0 saturated carbocycles. The average Bonchev–Trinajstić information content (AvgIpc) is 3.00. The second-order valence-electron chi connectivity index (χ2n) is 4.64. The molecule has 3 rings (SSSR count). The van der Waals surface area contributed by atoms with Crippen LogP contribution >= 0.6 is 0 Å². The molecular weight excluding hydrogens is 270 g/mol. The van der Waals surface area contributed by atoms with Crippen molar-refractivity contribution in [3.63, 3.8) is 0 Å². The van der Waals surface area contributed by atoms with Gasteiger partial charge in [-0.3, -0.25) is 0 Å². The Hall–Kier alpha value is -2.56. The number of methoxy groups -OCH3 is 2. The van der Waals surface area contributed by atoms with Gasteiger partial charge in [-0.05, 0) is 17.7 Å². The zero-order valence-electron chi connectivity index (χ0n) is 12.0. The molecule has 21 heavy (non-hydrogen) atoms. The maximum absolute atomic E-state index is 5.37. The third-order valence-corrected chi connectivity index (χ3v) is 3.29. The summed E-state index contributed by atoms with van der Waals surface area (Å²) < 4.78 is 21.2. The summed E-state index contributed by atoms with van der Waals surface area (Å²) in [5, 5.41) is 3.35. The summed E-state index contributed by atoms with van der Waals surface area (Å²) in [6.07, 6.45) is 0. The molecule has 2 aromatic carbocycles. The minimum absolute atomic E-state index is 0.291. The molecule has 0 saturated heterocycles. The third-order valence-electron chi connectivity index (χ3n) is 3.29. The van der Waals surface area contributed by atoms with Crippen LogP contribution in [0.3, 0.4) is 0 Å². The summed E-state index contributed by atoms with van der Waals surface area (Å²) in [4.78, 5) is 0. The molecule has 0 amide bonds. The Morgan fingerprint density at radius 3 is 2.38 bits per heavy atom. The molecule has 0 fully saturated rings. The zero-order chi connectivity index (χ0) is 14.7. The van der Waals surface area contributed by atoms with Gasteiger partial charge in [-0.25, -0.2) is 0 Å². The minimum atomic E-state index is 0.291. The number of hydrogen-bond donors (Lipinski definition) is 1. The van der Waals surface area contributed by atoms with E-state index in [-0.39, 0.29) is 0 Å². The van der Waals surface area contributed by atoms with Crippen molar-refractivity contribution in [2.45, 2.75) is 6.54 Å². The fourth-order valence-corrected chi connectivity index (χ4v) is 2.16. The lowest BCUT2D eigenvalue weighted by molar-refractivity contribution is 0.174. The smallest absolute Gasteiger partial charge is 0.231 e. The molecule has 1 aliphatic heterocycles. The second kappa shape index (κ2) is 5.83. The SMILES string of the molecule is COc1cc(NCc2ccc3c(c2)OCO3)cc(OC)c1. The van der Waals surface area contributed by atoms with E-state index in [4.69, 9.17) is 18.9 Å².